The summed E-state index contributed by atoms with van der Waals surface area (Å²) in [6.45, 7) is 3.36. The monoisotopic (exact) mass is 235 g/mol. The molecule has 1 rings (SSSR count). The van der Waals surface area contributed by atoms with E-state index in [1.807, 2.05) is 0 Å². The number of sulfone groups is 1. The second-order valence-corrected chi connectivity index (χ2v) is 6.81. The molecule has 5 heteroatoms. The Morgan fingerprint density at radius 2 is 2.20 bits per heavy atom. The van der Waals surface area contributed by atoms with Crippen LogP contribution < -0.4 is 0 Å². The minimum absolute atomic E-state index is 0.226. The average molecular weight is 235 g/mol. The summed E-state index contributed by atoms with van der Waals surface area (Å²) in [5.41, 5.74) is 0. The van der Waals surface area contributed by atoms with E-state index in [9.17, 15) is 13.5 Å². The standard InChI is InChI=1S/C10H21NO3S/c1-9(12)8-10-4-3-5-11(10)6-7-15(2,13)14/h9-10,12H,3-8H2,1-2H3. The van der Waals surface area contributed by atoms with Crippen LogP contribution in [0.5, 0.6) is 0 Å². The Bertz CT molecular complexity index is 287. The number of nitrogens with zero attached hydrogens (tertiary/aromatic N) is 1. The summed E-state index contributed by atoms with van der Waals surface area (Å²) < 4.78 is 22.1. The molecule has 1 aliphatic rings. The SMILES string of the molecule is CC(O)CC1CCCN1CCS(C)(=O)=O. The van der Waals surface area contributed by atoms with E-state index >= 15 is 0 Å². The molecule has 0 spiro atoms. The van der Waals surface area contributed by atoms with Gasteiger partial charge in [0.05, 0.1) is 11.9 Å². The van der Waals surface area contributed by atoms with Crippen molar-refractivity contribution >= 4 is 9.84 Å². The maximum Gasteiger partial charge on any atom is 0.148 e. The summed E-state index contributed by atoms with van der Waals surface area (Å²) in [4.78, 5) is 2.19. The number of rotatable bonds is 5. The first kappa shape index (κ1) is 12.9. The van der Waals surface area contributed by atoms with Gasteiger partial charge in [-0.05, 0) is 32.7 Å². The molecule has 2 atom stereocenters. The highest BCUT2D eigenvalue weighted by Crippen LogP contribution is 2.20. The molecule has 4 nitrogen and oxygen atoms in total. The topological polar surface area (TPSA) is 57.6 Å². The number of aliphatic hydroxyl groups is 1. The Hall–Kier alpha value is -0.130. The van der Waals surface area contributed by atoms with Crippen molar-refractivity contribution < 1.29 is 13.5 Å². The van der Waals surface area contributed by atoms with Crippen LogP contribution in [0, 0.1) is 0 Å². The van der Waals surface area contributed by atoms with Crippen molar-refractivity contribution in [2.24, 2.45) is 0 Å². The summed E-state index contributed by atoms with van der Waals surface area (Å²) in [5.74, 6) is 0.226. The molecule has 0 bridgehead atoms. The molecule has 0 aromatic rings. The maximum atomic E-state index is 11.0. The maximum absolute atomic E-state index is 11.0. The lowest BCUT2D eigenvalue weighted by Gasteiger charge is -2.24. The molecule has 0 aromatic carbocycles. The summed E-state index contributed by atoms with van der Waals surface area (Å²) in [7, 11) is -2.87. The van der Waals surface area contributed by atoms with E-state index in [1.165, 1.54) is 6.26 Å². The molecule has 0 saturated carbocycles. The third-order valence-electron chi connectivity index (χ3n) is 2.86. The molecule has 1 fully saturated rings. The first-order chi connectivity index (χ1) is 6.88. The van der Waals surface area contributed by atoms with Crippen LogP contribution in [0.25, 0.3) is 0 Å². The van der Waals surface area contributed by atoms with Gasteiger partial charge in [-0.1, -0.05) is 0 Å². The van der Waals surface area contributed by atoms with Crippen LogP contribution in [0.1, 0.15) is 26.2 Å². The smallest absolute Gasteiger partial charge is 0.148 e. The molecule has 15 heavy (non-hydrogen) atoms. The zero-order chi connectivity index (χ0) is 11.5. The lowest BCUT2D eigenvalue weighted by molar-refractivity contribution is 0.137. The van der Waals surface area contributed by atoms with Crippen molar-refractivity contribution in [2.45, 2.75) is 38.3 Å². The Kier molecular flexibility index (Phi) is 4.55. The molecule has 0 amide bonds. The van der Waals surface area contributed by atoms with Gasteiger partial charge in [0.15, 0.2) is 0 Å². The molecule has 1 aliphatic heterocycles. The van der Waals surface area contributed by atoms with Crippen molar-refractivity contribution in [2.75, 3.05) is 25.1 Å². The summed E-state index contributed by atoms with van der Waals surface area (Å²) >= 11 is 0. The predicted octanol–water partition coefficient (Wildman–Crippen LogP) is 0.266. The Balaban J connectivity index is 2.40. The number of aliphatic hydroxyl groups excluding tert-OH is 1. The highest BCUT2D eigenvalue weighted by atomic mass is 32.2. The molecule has 0 aromatic heterocycles. The van der Waals surface area contributed by atoms with E-state index in [4.69, 9.17) is 0 Å². The first-order valence-electron chi connectivity index (χ1n) is 5.48. The summed E-state index contributed by atoms with van der Waals surface area (Å²) in [5, 5.41) is 9.31. The predicted molar refractivity (Wildman–Crippen MR) is 60.6 cm³/mol. The van der Waals surface area contributed by atoms with Gasteiger partial charge in [-0.2, -0.15) is 0 Å². The summed E-state index contributed by atoms with van der Waals surface area (Å²) in [6, 6.07) is 0.367. The van der Waals surface area contributed by atoms with Crippen molar-refractivity contribution in [1.29, 1.82) is 0 Å². The molecule has 0 aliphatic carbocycles. The van der Waals surface area contributed by atoms with Crippen LogP contribution in [-0.4, -0.2) is 55.7 Å². The fourth-order valence-electron chi connectivity index (χ4n) is 2.13. The second kappa shape index (κ2) is 5.27. The van der Waals surface area contributed by atoms with E-state index in [-0.39, 0.29) is 11.9 Å². The van der Waals surface area contributed by atoms with E-state index in [0.29, 0.717) is 12.6 Å². The zero-order valence-corrected chi connectivity index (χ0v) is 10.3. The van der Waals surface area contributed by atoms with Crippen molar-refractivity contribution in [3.63, 3.8) is 0 Å². The van der Waals surface area contributed by atoms with Crippen LogP contribution >= 0.6 is 0 Å². The minimum atomic E-state index is -2.87. The van der Waals surface area contributed by atoms with Crippen LogP contribution in [0.3, 0.4) is 0 Å². The van der Waals surface area contributed by atoms with Gasteiger partial charge in [-0.15, -0.1) is 0 Å². The fourth-order valence-corrected chi connectivity index (χ4v) is 2.70. The molecular formula is C10H21NO3S. The molecule has 90 valence electrons. The lowest BCUT2D eigenvalue weighted by Crippen LogP contribution is -2.35. The molecular weight excluding hydrogens is 214 g/mol. The van der Waals surface area contributed by atoms with E-state index in [0.717, 1.165) is 25.8 Å². The van der Waals surface area contributed by atoms with Gasteiger partial charge in [0.2, 0.25) is 0 Å². The van der Waals surface area contributed by atoms with E-state index in [1.54, 1.807) is 6.92 Å². The summed E-state index contributed by atoms with van der Waals surface area (Å²) in [6.07, 6.45) is 3.92. The lowest BCUT2D eigenvalue weighted by atomic mass is 10.1. The van der Waals surface area contributed by atoms with Crippen molar-refractivity contribution in [3.8, 4) is 0 Å². The fraction of sp³-hybridized carbons (Fsp3) is 1.00. The van der Waals surface area contributed by atoms with Gasteiger partial charge >= 0.3 is 0 Å². The third-order valence-corrected chi connectivity index (χ3v) is 3.79. The van der Waals surface area contributed by atoms with E-state index < -0.39 is 9.84 Å². The van der Waals surface area contributed by atoms with Gasteiger partial charge in [0, 0.05) is 18.8 Å². The highest BCUT2D eigenvalue weighted by Gasteiger charge is 2.25. The van der Waals surface area contributed by atoms with Crippen LogP contribution in [0.15, 0.2) is 0 Å². The largest absolute Gasteiger partial charge is 0.393 e. The van der Waals surface area contributed by atoms with Crippen LogP contribution in [0.2, 0.25) is 0 Å². The average Bonchev–Trinajstić information content (AvgIpc) is 2.46. The minimum Gasteiger partial charge on any atom is -0.393 e. The van der Waals surface area contributed by atoms with Gasteiger partial charge in [-0.25, -0.2) is 8.42 Å². The van der Waals surface area contributed by atoms with Gasteiger partial charge in [0.1, 0.15) is 9.84 Å². The van der Waals surface area contributed by atoms with Gasteiger partial charge < -0.3 is 5.11 Å². The zero-order valence-electron chi connectivity index (χ0n) is 9.52. The molecule has 1 heterocycles. The number of hydrogen-bond donors (Lipinski definition) is 1. The van der Waals surface area contributed by atoms with Crippen molar-refractivity contribution in [3.05, 3.63) is 0 Å². The third kappa shape index (κ3) is 4.95. The molecule has 2 unspecified atom stereocenters. The van der Waals surface area contributed by atoms with E-state index in [2.05, 4.69) is 4.90 Å². The van der Waals surface area contributed by atoms with Crippen molar-refractivity contribution in [1.82, 2.24) is 4.90 Å². The Morgan fingerprint density at radius 1 is 1.53 bits per heavy atom. The van der Waals surface area contributed by atoms with Gasteiger partial charge in [0.25, 0.3) is 0 Å². The first-order valence-corrected chi connectivity index (χ1v) is 7.54. The second-order valence-electron chi connectivity index (χ2n) is 4.55. The number of hydrogen-bond acceptors (Lipinski definition) is 4. The molecule has 1 saturated heterocycles. The number of likely N-dealkylation sites (tertiary alicyclic amines) is 1. The van der Waals surface area contributed by atoms with Gasteiger partial charge in [-0.3, -0.25) is 4.90 Å². The molecule has 0 radical (unpaired) electrons. The highest BCUT2D eigenvalue weighted by molar-refractivity contribution is 7.90. The molecule has 1 N–H and O–H groups in total. The quantitative estimate of drug-likeness (QED) is 0.743. The van der Waals surface area contributed by atoms with Crippen LogP contribution in [0.4, 0.5) is 0 Å². The van der Waals surface area contributed by atoms with Crippen LogP contribution in [-0.2, 0) is 9.84 Å². The Labute approximate surface area is 92.2 Å². The Morgan fingerprint density at radius 3 is 2.73 bits per heavy atom. The normalized spacial score (nSPS) is 25.7.